The lowest BCUT2D eigenvalue weighted by Crippen LogP contribution is -2.29. The van der Waals surface area contributed by atoms with Crippen molar-refractivity contribution in [2.75, 3.05) is 5.75 Å². The van der Waals surface area contributed by atoms with Gasteiger partial charge in [0.1, 0.15) is 11.6 Å². The summed E-state index contributed by atoms with van der Waals surface area (Å²) in [6.07, 6.45) is -0.247. The van der Waals surface area contributed by atoms with E-state index >= 15 is 0 Å². The molecule has 1 amide bonds. The van der Waals surface area contributed by atoms with Gasteiger partial charge in [0.05, 0.1) is 16.7 Å². The molecule has 0 fully saturated rings. The minimum atomic E-state index is -3.57. The first-order valence-corrected chi connectivity index (χ1v) is 9.38. The predicted molar refractivity (Wildman–Crippen MR) is 90.8 cm³/mol. The lowest BCUT2D eigenvalue weighted by atomic mass is 10.1. The number of hydrogen-bond acceptors (Lipinski definition) is 3. The molecule has 0 aliphatic rings. The van der Waals surface area contributed by atoms with Crippen LogP contribution in [0.5, 0.6) is 0 Å². The summed E-state index contributed by atoms with van der Waals surface area (Å²) in [5.74, 6) is -2.34. The van der Waals surface area contributed by atoms with Crippen LogP contribution in [0.4, 0.5) is 8.78 Å². The van der Waals surface area contributed by atoms with Crippen molar-refractivity contribution < 1.29 is 22.0 Å². The average Bonchev–Trinajstić information content (AvgIpc) is 2.53. The van der Waals surface area contributed by atoms with E-state index in [0.717, 1.165) is 17.7 Å². The molecule has 0 radical (unpaired) electrons. The highest BCUT2D eigenvalue weighted by molar-refractivity contribution is 7.91. The molecule has 0 saturated heterocycles. The SMILES string of the molecule is Cc1ccc(S(=O)(=O)CCC(=O)N[C@@H](C)c2ccc(F)cc2F)cc1. The van der Waals surface area contributed by atoms with E-state index in [1.807, 2.05) is 6.92 Å². The number of hydrogen-bond donors (Lipinski definition) is 1. The van der Waals surface area contributed by atoms with Crippen LogP contribution in [-0.4, -0.2) is 20.1 Å². The molecule has 2 aromatic rings. The Kier molecular flexibility index (Phi) is 5.89. The largest absolute Gasteiger partial charge is 0.349 e. The number of nitrogens with one attached hydrogen (secondary N) is 1. The van der Waals surface area contributed by atoms with Gasteiger partial charge in [-0.2, -0.15) is 0 Å². The smallest absolute Gasteiger partial charge is 0.221 e. The Morgan fingerprint density at radius 2 is 1.76 bits per heavy atom. The first-order chi connectivity index (χ1) is 11.7. The van der Waals surface area contributed by atoms with E-state index in [4.69, 9.17) is 0 Å². The van der Waals surface area contributed by atoms with Crippen LogP contribution in [0, 0.1) is 18.6 Å². The van der Waals surface area contributed by atoms with Crippen LogP contribution in [0.2, 0.25) is 0 Å². The van der Waals surface area contributed by atoms with Gasteiger partial charge in [-0.3, -0.25) is 4.79 Å². The summed E-state index contributed by atoms with van der Waals surface area (Å²) in [7, 11) is -3.57. The zero-order valence-electron chi connectivity index (χ0n) is 13.9. The van der Waals surface area contributed by atoms with Crippen molar-refractivity contribution in [2.45, 2.75) is 31.2 Å². The van der Waals surface area contributed by atoms with Crippen molar-refractivity contribution in [2.24, 2.45) is 0 Å². The van der Waals surface area contributed by atoms with Crippen molar-refractivity contribution in [3.8, 4) is 0 Å². The van der Waals surface area contributed by atoms with Gasteiger partial charge in [0, 0.05) is 18.1 Å². The second-order valence-corrected chi connectivity index (χ2v) is 7.95. The zero-order chi connectivity index (χ0) is 18.6. The summed E-state index contributed by atoms with van der Waals surface area (Å²) < 4.78 is 51.0. The van der Waals surface area contributed by atoms with Crippen molar-refractivity contribution >= 4 is 15.7 Å². The second kappa shape index (κ2) is 7.74. The molecule has 2 aromatic carbocycles. The molecule has 0 saturated carbocycles. The molecular weight excluding hydrogens is 348 g/mol. The summed E-state index contributed by atoms with van der Waals surface area (Å²) in [5.41, 5.74) is 1.07. The maximum atomic E-state index is 13.7. The second-order valence-electron chi connectivity index (χ2n) is 5.84. The van der Waals surface area contributed by atoms with Gasteiger partial charge in [0.2, 0.25) is 5.91 Å². The van der Waals surface area contributed by atoms with Crippen LogP contribution in [0.1, 0.15) is 30.5 Å². The van der Waals surface area contributed by atoms with E-state index in [0.29, 0.717) is 0 Å². The topological polar surface area (TPSA) is 63.2 Å². The zero-order valence-corrected chi connectivity index (χ0v) is 14.7. The molecule has 1 atom stereocenters. The van der Waals surface area contributed by atoms with Gasteiger partial charge in [0.15, 0.2) is 9.84 Å². The van der Waals surface area contributed by atoms with Gasteiger partial charge in [-0.25, -0.2) is 17.2 Å². The quantitative estimate of drug-likeness (QED) is 0.852. The maximum Gasteiger partial charge on any atom is 0.221 e. The average molecular weight is 367 g/mol. The standard InChI is InChI=1S/C18H19F2NO3S/c1-12-3-6-15(7-4-12)25(23,24)10-9-18(22)21-13(2)16-8-5-14(19)11-17(16)20/h3-8,11,13H,9-10H2,1-2H3,(H,21,22)/t13-/m0/s1. The summed E-state index contributed by atoms with van der Waals surface area (Å²) in [6.45, 7) is 3.39. The van der Waals surface area contributed by atoms with E-state index in [1.165, 1.54) is 18.2 Å². The molecule has 0 aromatic heterocycles. The molecule has 25 heavy (non-hydrogen) atoms. The van der Waals surface area contributed by atoms with Gasteiger partial charge in [-0.15, -0.1) is 0 Å². The summed E-state index contributed by atoms with van der Waals surface area (Å²) in [6, 6.07) is 8.76. The fraction of sp³-hybridized carbons (Fsp3) is 0.278. The van der Waals surface area contributed by atoms with Gasteiger partial charge in [-0.1, -0.05) is 23.8 Å². The molecule has 0 aliphatic heterocycles. The lowest BCUT2D eigenvalue weighted by Gasteiger charge is -2.15. The molecule has 7 heteroatoms. The fourth-order valence-electron chi connectivity index (χ4n) is 2.33. The highest BCUT2D eigenvalue weighted by Gasteiger charge is 2.18. The van der Waals surface area contributed by atoms with Crippen LogP contribution in [0.25, 0.3) is 0 Å². The minimum absolute atomic E-state index is 0.135. The molecule has 0 bridgehead atoms. The van der Waals surface area contributed by atoms with E-state index in [-0.39, 0.29) is 22.6 Å². The van der Waals surface area contributed by atoms with Crippen LogP contribution in [0.3, 0.4) is 0 Å². The number of carbonyl (C=O) groups is 1. The number of carbonyl (C=O) groups excluding carboxylic acids is 1. The normalized spacial score (nSPS) is 12.6. The number of halogens is 2. The Balaban J connectivity index is 1.97. The summed E-state index contributed by atoms with van der Waals surface area (Å²) in [4.78, 5) is 12.1. The molecule has 0 heterocycles. The lowest BCUT2D eigenvalue weighted by molar-refractivity contribution is -0.121. The van der Waals surface area contributed by atoms with Crippen LogP contribution < -0.4 is 5.32 Å². The van der Waals surface area contributed by atoms with Crippen molar-refractivity contribution in [1.82, 2.24) is 5.32 Å². The van der Waals surface area contributed by atoms with Crippen LogP contribution >= 0.6 is 0 Å². The van der Waals surface area contributed by atoms with Crippen molar-refractivity contribution in [1.29, 1.82) is 0 Å². The van der Waals surface area contributed by atoms with E-state index < -0.39 is 33.4 Å². The summed E-state index contributed by atoms with van der Waals surface area (Å²) >= 11 is 0. The summed E-state index contributed by atoms with van der Waals surface area (Å²) in [5, 5.41) is 2.52. The third-order valence-electron chi connectivity index (χ3n) is 3.78. The van der Waals surface area contributed by atoms with E-state index in [2.05, 4.69) is 5.32 Å². The Labute approximate surface area is 145 Å². The number of benzene rings is 2. The first-order valence-electron chi connectivity index (χ1n) is 7.73. The predicted octanol–water partition coefficient (Wildman–Crippen LogP) is 3.31. The minimum Gasteiger partial charge on any atom is -0.349 e. The number of sulfone groups is 1. The number of amides is 1. The molecule has 134 valence electrons. The Morgan fingerprint density at radius 1 is 1.12 bits per heavy atom. The van der Waals surface area contributed by atoms with Crippen LogP contribution in [-0.2, 0) is 14.6 Å². The van der Waals surface area contributed by atoms with Gasteiger partial charge >= 0.3 is 0 Å². The number of rotatable bonds is 6. The molecule has 2 rings (SSSR count). The van der Waals surface area contributed by atoms with Gasteiger partial charge in [0.25, 0.3) is 0 Å². The first kappa shape index (κ1) is 19.1. The Hall–Kier alpha value is -2.28. The maximum absolute atomic E-state index is 13.7. The van der Waals surface area contributed by atoms with E-state index in [1.54, 1.807) is 19.1 Å². The molecule has 0 spiro atoms. The molecule has 0 unspecified atom stereocenters. The molecule has 4 nitrogen and oxygen atoms in total. The Morgan fingerprint density at radius 3 is 2.36 bits per heavy atom. The van der Waals surface area contributed by atoms with Gasteiger partial charge < -0.3 is 5.32 Å². The van der Waals surface area contributed by atoms with Crippen molar-refractivity contribution in [3.05, 3.63) is 65.2 Å². The third-order valence-corrected chi connectivity index (χ3v) is 5.52. The number of aryl methyl sites for hydroxylation is 1. The van der Waals surface area contributed by atoms with Gasteiger partial charge in [-0.05, 0) is 32.0 Å². The Bertz CT molecular complexity index is 864. The molecule has 1 N–H and O–H groups in total. The van der Waals surface area contributed by atoms with Crippen LogP contribution in [0.15, 0.2) is 47.4 Å². The van der Waals surface area contributed by atoms with Crippen molar-refractivity contribution in [3.63, 3.8) is 0 Å². The fourth-order valence-corrected chi connectivity index (χ4v) is 3.58. The molecule has 0 aliphatic carbocycles. The highest BCUT2D eigenvalue weighted by Crippen LogP contribution is 2.18. The third kappa shape index (κ3) is 5.09. The molecular formula is C18H19F2NO3S. The highest BCUT2D eigenvalue weighted by atomic mass is 32.2. The monoisotopic (exact) mass is 367 g/mol. The van der Waals surface area contributed by atoms with E-state index in [9.17, 15) is 22.0 Å².